The Kier molecular flexibility index (Phi) is 8.80. The number of hydrogen-bond acceptors (Lipinski definition) is 7. The van der Waals surface area contributed by atoms with E-state index >= 15 is 0 Å². The zero-order chi connectivity index (χ0) is 22.7. The number of morpholine rings is 1. The van der Waals surface area contributed by atoms with Gasteiger partial charge in [-0.2, -0.15) is 4.37 Å². The molecule has 174 valence electrons. The van der Waals surface area contributed by atoms with E-state index in [-0.39, 0.29) is 5.91 Å². The van der Waals surface area contributed by atoms with Gasteiger partial charge < -0.3 is 15.0 Å². The summed E-state index contributed by atoms with van der Waals surface area (Å²) in [5.41, 5.74) is 2.38. The van der Waals surface area contributed by atoms with E-state index in [1.165, 1.54) is 22.7 Å². The Hall–Kier alpha value is -2.81. The van der Waals surface area contributed by atoms with Crippen molar-refractivity contribution in [2.45, 2.75) is 19.4 Å². The molecule has 1 saturated heterocycles. The van der Waals surface area contributed by atoms with Crippen LogP contribution >= 0.6 is 11.5 Å². The molecule has 1 aliphatic heterocycles. The highest BCUT2D eigenvalue weighted by Gasteiger charge is 2.16. The van der Waals surface area contributed by atoms with Crippen molar-refractivity contribution in [3.63, 3.8) is 0 Å². The molecular weight excluding hydrogens is 434 g/mol. The van der Waals surface area contributed by atoms with Crippen LogP contribution in [0.25, 0.3) is 0 Å². The molecule has 4 rings (SSSR count). The molecule has 0 spiro atoms. The minimum Gasteiger partial charge on any atom is -0.379 e. The van der Waals surface area contributed by atoms with Crippen molar-refractivity contribution < 1.29 is 9.53 Å². The SMILES string of the molecule is O=C(CCN(Cc1ccccc1)c1nc(Cc2ccccc2)ns1)NCCN1CCOCC1. The summed E-state index contributed by atoms with van der Waals surface area (Å²) in [5, 5.41) is 3.91. The number of amides is 1. The van der Waals surface area contributed by atoms with E-state index in [0.717, 1.165) is 43.8 Å². The predicted molar refractivity (Wildman–Crippen MR) is 132 cm³/mol. The quantitative estimate of drug-likeness (QED) is 0.470. The largest absolute Gasteiger partial charge is 0.379 e. The van der Waals surface area contributed by atoms with Crippen LogP contribution in [0.15, 0.2) is 60.7 Å². The summed E-state index contributed by atoms with van der Waals surface area (Å²) >= 11 is 1.40. The van der Waals surface area contributed by atoms with Gasteiger partial charge in [0.15, 0.2) is 0 Å². The average molecular weight is 466 g/mol. The van der Waals surface area contributed by atoms with Crippen LogP contribution in [0.4, 0.5) is 5.13 Å². The van der Waals surface area contributed by atoms with Crippen molar-refractivity contribution in [3.8, 4) is 0 Å². The summed E-state index contributed by atoms with van der Waals surface area (Å²) in [7, 11) is 0. The first-order chi connectivity index (χ1) is 16.3. The molecule has 1 N–H and O–H groups in total. The number of nitrogens with zero attached hydrogens (tertiary/aromatic N) is 4. The van der Waals surface area contributed by atoms with Gasteiger partial charge in [-0.25, -0.2) is 4.98 Å². The molecule has 0 saturated carbocycles. The molecule has 0 radical (unpaired) electrons. The molecule has 2 aromatic carbocycles. The van der Waals surface area contributed by atoms with Crippen molar-refractivity contribution >= 4 is 22.6 Å². The van der Waals surface area contributed by atoms with E-state index in [0.29, 0.717) is 32.5 Å². The lowest BCUT2D eigenvalue weighted by molar-refractivity contribution is -0.121. The molecule has 3 aromatic rings. The van der Waals surface area contributed by atoms with Gasteiger partial charge in [-0.05, 0) is 11.1 Å². The van der Waals surface area contributed by atoms with Crippen LogP contribution in [-0.4, -0.2) is 66.1 Å². The normalized spacial score (nSPS) is 14.2. The van der Waals surface area contributed by atoms with Crippen molar-refractivity contribution in [1.82, 2.24) is 19.6 Å². The standard InChI is InChI=1S/C25H31N5O2S/c31-24(26-12-14-29-15-17-32-18-16-29)11-13-30(20-22-9-5-2-6-10-22)25-27-23(28-33-25)19-21-7-3-1-4-8-21/h1-10H,11-20H2,(H,26,31). The van der Waals surface area contributed by atoms with Gasteiger partial charge in [0.1, 0.15) is 5.82 Å². The van der Waals surface area contributed by atoms with Crippen LogP contribution < -0.4 is 10.2 Å². The van der Waals surface area contributed by atoms with Gasteiger partial charge in [-0.15, -0.1) is 0 Å². The molecule has 7 nitrogen and oxygen atoms in total. The molecule has 0 bridgehead atoms. The van der Waals surface area contributed by atoms with Crippen LogP contribution in [0.2, 0.25) is 0 Å². The number of rotatable bonds is 11. The Morgan fingerprint density at radius 2 is 1.73 bits per heavy atom. The first-order valence-electron chi connectivity index (χ1n) is 11.5. The molecule has 1 amide bonds. The molecule has 8 heteroatoms. The van der Waals surface area contributed by atoms with Crippen LogP contribution in [0.3, 0.4) is 0 Å². The number of hydrogen-bond donors (Lipinski definition) is 1. The molecule has 0 unspecified atom stereocenters. The van der Waals surface area contributed by atoms with Crippen LogP contribution in [0, 0.1) is 0 Å². The molecule has 0 aliphatic carbocycles. The third kappa shape index (κ3) is 7.63. The number of carbonyl (C=O) groups is 1. The molecule has 33 heavy (non-hydrogen) atoms. The first-order valence-corrected chi connectivity index (χ1v) is 12.3. The fourth-order valence-corrected chi connectivity index (χ4v) is 4.48. The van der Waals surface area contributed by atoms with Crippen LogP contribution in [0.1, 0.15) is 23.4 Å². The van der Waals surface area contributed by atoms with Gasteiger partial charge in [-0.3, -0.25) is 9.69 Å². The maximum Gasteiger partial charge on any atom is 0.221 e. The highest BCUT2D eigenvalue weighted by atomic mass is 32.1. The third-order valence-electron chi connectivity index (χ3n) is 5.61. The lowest BCUT2D eigenvalue weighted by atomic mass is 10.1. The summed E-state index contributed by atoms with van der Waals surface area (Å²) in [5.74, 6) is 0.879. The lowest BCUT2D eigenvalue weighted by Crippen LogP contribution is -2.41. The van der Waals surface area contributed by atoms with E-state index in [9.17, 15) is 4.79 Å². The van der Waals surface area contributed by atoms with Gasteiger partial charge >= 0.3 is 0 Å². The minimum absolute atomic E-state index is 0.0651. The summed E-state index contributed by atoms with van der Waals surface area (Å²) in [6.45, 7) is 6.24. The summed E-state index contributed by atoms with van der Waals surface area (Å²) in [6, 6.07) is 20.5. The molecule has 1 fully saturated rings. The predicted octanol–water partition coefficient (Wildman–Crippen LogP) is 2.97. The van der Waals surface area contributed by atoms with Crippen molar-refractivity contribution in [3.05, 3.63) is 77.6 Å². The Morgan fingerprint density at radius 3 is 2.45 bits per heavy atom. The second-order valence-electron chi connectivity index (χ2n) is 8.12. The maximum atomic E-state index is 12.5. The Morgan fingerprint density at radius 1 is 1.03 bits per heavy atom. The number of nitrogens with one attached hydrogen (secondary N) is 1. The Balaban J connectivity index is 1.33. The van der Waals surface area contributed by atoms with Gasteiger partial charge in [0.05, 0.1) is 13.2 Å². The zero-order valence-electron chi connectivity index (χ0n) is 18.9. The van der Waals surface area contributed by atoms with Gasteiger partial charge in [0, 0.05) is 63.6 Å². The van der Waals surface area contributed by atoms with E-state index < -0.39 is 0 Å². The van der Waals surface area contributed by atoms with Gasteiger partial charge in [-0.1, -0.05) is 60.7 Å². The van der Waals surface area contributed by atoms with Gasteiger partial charge in [0.25, 0.3) is 0 Å². The Bertz CT molecular complexity index is 977. The summed E-state index contributed by atoms with van der Waals surface area (Å²) in [6.07, 6.45) is 1.13. The van der Waals surface area contributed by atoms with Crippen LogP contribution in [0.5, 0.6) is 0 Å². The van der Waals surface area contributed by atoms with Gasteiger partial charge in [0.2, 0.25) is 11.0 Å². The zero-order valence-corrected chi connectivity index (χ0v) is 19.7. The topological polar surface area (TPSA) is 70.6 Å². The number of ether oxygens (including phenoxy) is 1. The van der Waals surface area contributed by atoms with E-state index in [1.807, 2.05) is 36.4 Å². The summed E-state index contributed by atoms with van der Waals surface area (Å²) < 4.78 is 9.95. The number of carbonyl (C=O) groups excluding carboxylic acids is 1. The maximum absolute atomic E-state index is 12.5. The molecule has 2 heterocycles. The highest BCUT2D eigenvalue weighted by Crippen LogP contribution is 2.21. The lowest BCUT2D eigenvalue weighted by Gasteiger charge is -2.26. The Labute approximate surface area is 199 Å². The van der Waals surface area contributed by atoms with E-state index in [2.05, 4.69) is 43.8 Å². The molecule has 1 aromatic heterocycles. The monoisotopic (exact) mass is 465 g/mol. The minimum atomic E-state index is 0.0651. The first kappa shape index (κ1) is 23.4. The van der Waals surface area contributed by atoms with Crippen molar-refractivity contribution in [1.29, 1.82) is 0 Å². The smallest absolute Gasteiger partial charge is 0.221 e. The number of benzene rings is 2. The highest BCUT2D eigenvalue weighted by molar-refractivity contribution is 7.09. The molecular formula is C25H31N5O2S. The fraction of sp³-hybridized carbons (Fsp3) is 0.400. The van der Waals surface area contributed by atoms with Crippen molar-refractivity contribution in [2.24, 2.45) is 0 Å². The van der Waals surface area contributed by atoms with E-state index in [4.69, 9.17) is 9.72 Å². The van der Waals surface area contributed by atoms with Crippen LogP contribution in [-0.2, 0) is 22.5 Å². The number of aromatic nitrogens is 2. The second kappa shape index (κ2) is 12.4. The average Bonchev–Trinajstić information content (AvgIpc) is 3.32. The molecule has 1 aliphatic rings. The van der Waals surface area contributed by atoms with Crippen molar-refractivity contribution in [2.75, 3.05) is 50.8 Å². The second-order valence-corrected chi connectivity index (χ2v) is 8.85. The summed E-state index contributed by atoms with van der Waals surface area (Å²) in [4.78, 5) is 21.8. The fourth-order valence-electron chi connectivity index (χ4n) is 3.77. The van der Waals surface area contributed by atoms with E-state index in [1.54, 1.807) is 0 Å². The number of anilines is 1. The third-order valence-corrected chi connectivity index (χ3v) is 6.43. The molecule has 0 atom stereocenters.